The number of nitrogens with zero attached hydrogens (tertiary/aromatic N) is 3. The molecule has 1 aliphatic heterocycles. The molecule has 8 heteroatoms. The Morgan fingerprint density at radius 1 is 1.00 bits per heavy atom. The molecule has 0 spiro atoms. The molecule has 0 aliphatic carbocycles. The fourth-order valence-electron chi connectivity index (χ4n) is 3.33. The third kappa shape index (κ3) is 4.40. The normalized spacial score (nSPS) is 15.6. The molecular formula is C21H22BrN3O2S2. The summed E-state index contributed by atoms with van der Waals surface area (Å²) < 4.78 is 28.2. The molecule has 1 fully saturated rings. The average Bonchev–Trinajstić information content (AvgIpc) is 3.24. The van der Waals surface area contributed by atoms with Crippen LogP contribution in [0.15, 0.2) is 63.3 Å². The molecule has 0 unspecified atom stereocenters. The molecular weight excluding hydrogens is 470 g/mol. The second-order valence-electron chi connectivity index (χ2n) is 6.91. The Morgan fingerprint density at radius 3 is 2.28 bits per heavy atom. The molecule has 1 aromatic heterocycles. The van der Waals surface area contributed by atoms with E-state index in [-0.39, 0.29) is 0 Å². The fraction of sp³-hybridized carbons (Fsp3) is 0.286. The smallest absolute Gasteiger partial charge is 0.243 e. The molecule has 2 heterocycles. The maximum absolute atomic E-state index is 12.9. The molecule has 1 aliphatic rings. The highest BCUT2D eigenvalue weighted by molar-refractivity contribution is 9.10. The topological polar surface area (TPSA) is 53.5 Å². The molecule has 3 aromatic rings. The number of sulfonamides is 1. The van der Waals surface area contributed by atoms with Crippen molar-refractivity contribution in [1.29, 1.82) is 0 Å². The first kappa shape index (κ1) is 20.5. The Labute approximate surface area is 184 Å². The zero-order valence-electron chi connectivity index (χ0n) is 16.1. The van der Waals surface area contributed by atoms with Crippen molar-refractivity contribution in [2.45, 2.75) is 18.2 Å². The molecule has 0 bridgehead atoms. The van der Waals surface area contributed by atoms with Crippen LogP contribution < -0.4 is 4.90 Å². The Hall–Kier alpha value is -1.74. The molecule has 0 saturated carbocycles. The van der Waals surface area contributed by atoms with Gasteiger partial charge in [0, 0.05) is 41.6 Å². The van der Waals surface area contributed by atoms with Gasteiger partial charge in [-0.1, -0.05) is 47.1 Å². The average molecular weight is 492 g/mol. The van der Waals surface area contributed by atoms with Crippen LogP contribution in [0.2, 0.25) is 0 Å². The van der Waals surface area contributed by atoms with Gasteiger partial charge in [-0.25, -0.2) is 13.4 Å². The number of aromatic nitrogens is 1. The van der Waals surface area contributed by atoms with Crippen molar-refractivity contribution >= 4 is 42.4 Å². The molecule has 152 valence electrons. The van der Waals surface area contributed by atoms with Gasteiger partial charge in [0.15, 0.2) is 5.13 Å². The van der Waals surface area contributed by atoms with Crippen LogP contribution in [0.3, 0.4) is 0 Å². The predicted octanol–water partition coefficient (Wildman–Crippen LogP) is 4.65. The lowest BCUT2D eigenvalue weighted by Crippen LogP contribution is -2.48. The van der Waals surface area contributed by atoms with E-state index in [1.807, 2.05) is 0 Å². The number of thiazole rings is 1. The summed E-state index contributed by atoms with van der Waals surface area (Å²) in [5.74, 6) is 0. The number of rotatable bonds is 5. The third-order valence-corrected chi connectivity index (χ3v) is 8.45. The van der Waals surface area contributed by atoms with E-state index in [0.29, 0.717) is 31.1 Å². The van der Waals surface area contributed by atoms with Gasteiger partial charge in [-0.05, 0) is 36.2 Å². The fourth-order valence-corrected chi connectivity index (χ4v) is 5.90. The lowest BCUT2D eigenvalue weighted by Gasteiger charge is -2.33. The Balaban J connectivity index is 1.43. The van der Waals surface area contributed by atoms with Gasteiger partial charge in [0.05, 0.1) is 10.6 Å². The molecule has 0 atom stereocenters. The van der Waals surface area contributed by atoms with Crippen LogP contribution in [0.4, 0.5) is 5.13 Å². The van der Waals surface area contributed by atoms with Crippen molar-refractivity contribution in [1.82, 2.24) is 9.29 Å². The highest BCUT2D eigenvalue weighted by Crippen LogP contribution is 2.29. The van der Waals surface area contributed by atoms with Crippen LogP contribution in [0, 0.1) is 0 Å². The first-order valence-corrected chi connectivity index (χ1v) is 12.6. The van der Waals surface area contributed by atoms with Crippen molar-refractivity contribution in [3.63, 3.8) is 0 Å². The standard InChI is InChI=1S/C21H22BrN3O2S2/c1-2-16-3-5-17(6-4-16)20-15-28-21(23-20)24-11-13-25(14-12-24)29(26,27)19-9-7-18(22)8-10-19/h3-10,15H,2,11-14H2,1H3. The summed E-state index contributed by atoms with van der Waals surface area (Å²) >= 11 is 4.96. The first-order valence-electron chi connectivity index (χ1n) is 9.53. The zero-order chi connectivity index (χ0) is 20.4. The minimum Gasteiger partial charge on any atom is -0.345 e. The second-order valence-corrected chi connectivity index (χ2v) is 10.6. The van der Waals surface area contributed by atoms with Gasteiger partial charge in [0.2, 0.25) is 10.0 Å². The summed E-state index contributed by atoms with van der Waals surface area (Å²) in [5, 5.41) is 3.02. The number of halogens is 1. The van der Waals surface area contributed by atoms with E-state index in [1.54, 1.807) is 39.9 Å². The van der Waals surface area contributed by atoms with E-state index in [1.165, 1.54) is 5.56 Å². The van der Waals surface area contributed by atoms with Gasteiger partial charge in [-0.3, -0.25) is 0 Å². The van der Waals surface area contributed by atoms with Crippen LogP contribution in [0.5, 0.6) is 0 Å². The summed E-state index contributed by atoms with van der Waals surface area (Å²) in [7, 11) is -3.46. The van der Waals surface area contributed by atoms with Crippen LogP contribution in [0.1, 0.15) is 12.5 Å². The Morgan fingerprint density at radius 2 is 1.66 bits per heavy atom. The largest absolute Gasteiger partial charge is 0.345 e. The maximum atomic E-state index is 12.9. The number of aryl methyl sites for hydroxylation is 1. The predicted molar refractivity (Wildman–Crippen MR) is 122 cm³/mol. The van der Waals surface area contributed by atoms with E-state index < -0.39 is 10.0 Å². The third-order valence-electron chi connectivity index (χ3n) is 5.11. The number of hydrogen-bond acceptors (Lipinski definition) is 5. The van der Waals surface area contributed by atoms with Crippen molar-refractivity contribution in [2.75, 3.05) is 31.1 Å². The minimum absolute atomic E-state index is 0.334. The lowest BCUT2D eigenvalue weighted by atomic mass is 10.1. The summed E-state index contributed by atoms with van der Waals surface area (Å²) in [6, 6.07) is 15.3. The number of benzene rings is 2. The summed E-state index contributed by atoms with van der Waals surface area (Å²) in [5.41, 5.74) is 3.39. The van der Waals surface area contributed by atoms with E-state index in [9.17, 15) is 8.42 Å². The molecule has 0 N–H and O–H groups in total. The zero-order valence-corrected chi connectivity index (χ0v) is 19.3. The summed E-state index contributed by atoms with van der Waals surface area (Å²) in [6.45, 7) is 4.33. The number of anilines is 1. The molecule has 4 rings (SSSR count). The maximum Gasteiger partial charge on any atom is 0.243 e. The number of piperazine rings is 1. The van der Waals surface area contributed by atoms with E-state index in [2.05, 4.69) is 57.4 Å². The second kappa shape index (κ2) is 8.55. The van der Waals surface area contributed by atoms with E-state index in [0.717, 1.165) is 27.3 Å². The molecule has 1 saturated heterocycles. The van der Waals surface area contributed by atoms with Gasteiger partial charge in [-0.2, -0.15) is 4.31 Å². The van der Waals surface area contributed by atoms with Crippen LogP contribution in [-0.2, 0) is 16.4 Å². The highest BCUT2D eigenvalue weighted by Gasteiger charge is 2.29. The lowest BCUT2D eigenvalue weighted by molar-refractivity contribution is 0.385. The van der Waals surface area contributed by atoms with Crippen molar-refractivity contribution in [2.24, 2.45) is 0 Å². The molecule has 5 nitrogen and oxygen atoms in total. The SMILES string of the molecule is CCc1ccc(-c2csc(N3CCN(S(=O)(=O)c4ccc(Br)cc4)CC3)n2)cc1. The minimum atomic E-state index is -3.46. The van der Waals surface area contributed by atoms with Gasteiger partial charge >= 0.3 is 0 Å². The summed E-state index contributed by atoms with van der Waals surface area (Å²) in [4.78, 5) is 7.29. The van der Waals surface area contributed by atoms with E-state index >= 15 is 0 Å². The van der Waals surface area contributed by atoms with Gasteiger partial charge < -0.3 is 4.90 Å². The van der Waals surface area contributed by atoms with Crippen LogP contribution in [0.25, 0.3) is 11.3 Å². The quantitative estimate of drug-likeness (QED) is 0.521. The molecule has 0 amide bonds. The Kier molecular flexibility index (Phi) is 6.06. The van der Waals surface area contributed by atoms with Gasteiger partial charge in [0.25, 0.3) is 0 Å². The first-order chi connectivity index (χ1) is 14.0. The number of hydrogen-bond donors (Lipinski definition) is 0. The molecule has 0 radical (unpaired) electrons. The molecule has 29 heavy (non-hydrogen) atoms. The summed E-state index contributed by atoms with van der Waals surface area (Å²) in [6.07, 6.45) is 1.02. The van der Waals surface area contributed by atoms with Gasteiger partial charge in [-0.15, -0.1) is 11.3 Å². The van der Waals surface area contributed by atoms with Crippen molar-refractivity contribution < 1.29 is 8.42 Å². The van der Waals surface area contributed by atoms with Crippen LogP contribution >= 0.6 is 27.3 Å². The van der Waals surface area contributed by atoms with Crippen molar-refractivity contribution in [3.8, 4) is 11.3 Å². The van der Waals surface area contributed by atoms with Crippen molar-refractivity contribution in [3.05, 3.63) is 63.9 Å². The van der Waals surface area contributed by atoms with Crippen LogP contribution in [-0.4, -0.2) is 43.9 Å². The highest BCUT2D eigenvalue weighted by atomic mass is 79.9. The monoisotopic (exact) mass is 491 g/mol. The molecule has 2 aromatic carbocycles. The Bertz CT molecular complexity index is 1070. The van der Waals surface area contributed by atoms with Gasteiger partial charge in [0.1, 0.15) is 0 Å². The van der Waals surface area contributed by atoms with E-state index in [4.69, 9.17) is 4.98 Å².